The Balaban J connectivity index is 1.83. The Hall–Kier alpha value is -1.93. The quantitative estimate of drug-likeness (QED) is 0.840. The van der Waals surface area contributed by atoms with Crippen molar-refractivity contribution in [3.63, 3.8) is 0 Å². The van der Waals surface area contributed by atoms with Gasteiger partial charge >= 0.3 is 6.18 Å². The summed E-state index contributed by atoms with van der Waals surface area (Å²) >= 11 is 1.49. The van der Waals surface area contributed by atoms with Gasteiger partial charge < -0.3 is 9.64 Å². The van der Waals surface area contributed by atoms with E-state index < -0.39 is 23.3 Å². The number of amides is 1. The summed E-state index contributed by atoms with van der Waals surface area (Å²) in [4.78, 5) is 18.2. The van der Waals surface area contributed by atoms with Crippen LogP contribution in [-0.4, -0.2) is 35.5 Å². The first-order chi connectivity index (χ1) is 11.0. The second-order valence-electron chi connectivity index (χ2n) is 5.02. The lowest BCUT2D eigenvalue weighted by Gasteiger charge is -2.33. The van der Waals surface area contributed by atoms with E-state index in [0.29, 0.717) is 0 Å². The van der Waals surface area contributed by atoms with Gasteiger partial charge in [0.25, 0.3) is 5.91 Å². The van der Waals surface area contributed by atoms with Crippen LogP contribution < -0.4 is 0 Å². The number of thiophene rings is 1. The molecule has 3 rings (SSSR count). The average molecular weight is 342 g/mol. The SMILES string of the molecule is O=C(c1cccnc1C(F)(F)F)N1CCO[C@@H](c2cccs2)C1. The van der Waals surface area contributed by atoms with Crippen LogP contribution in [0.25, 0.3) is 0 Å². The van der Waals surface area contributed by atoms with Crippen LogP contribution in [0.3, 0.4) is 0 Å². The van der Waals surface area contributed by atoms with Gasteiger partial charge in [-0.2, -0.15) is 13.2 Å². The van der Waals surface area contributed by atoms with Crippen molar-refractivity contribution < 1.29 is 22.7 Å². The largest absolute Gasteiger partial charge is 0.434 e. The molecule has 1 aliphatic rings. The van der Waals surface area contributed by atoms with E-state index >= 15 is 0 Å². The minimum Gasteiger partial charge on any atom is -0.369 e. The molecule has 1 aliphatic heterocycles. The first-order valence-electron chi connectivity index (χ1n) is 6.93. The first-order valence-corrected chi connectivity index (χ1v) is 7.81. The van der Waals surface area contributed by atoms with E-state index in [2.05, 4.69) is 4.98 Å². The maximum absolute atomic E-state index is 13.0. The zero-order valence-electron chi connectivity index (χ0n) is 11.9. The molecule has 0 aliphatic carbocycles. The molecule has 0 aromatic carbocycles. The third-order valence-corrected chi connectivity index (χ3v) is 4.49. The lowest BCUT2D eigenvalue weighted by Crippen LogP contribution is -2.42. The zero-order chi connectivity index (χ0) is 16.4. The lowest BCUT2D eigenvalue weighted by atomic mass is 10.1. The number of ether oxygens (including phenoxy) is 1. The molecule has 122 valence electrons. The van der Waals surface area contributed by atoms with Gasteiger partial charge in [0.2, 0.25) is 0 Å². The second kappa shape index (κ2) is 6.29. The van der Waals surface area contributed by atoms with Crippen LogP contribution in [-0.2, 0) is 10.9 Å². The Kier molecular flexibility index (Phi) is 4.36. The Morgan fingerprint density at radius 2 is 2.17 bits per heavy atom. The predicted molar refractivity (Wildman–Crippen MR) is 78.2 cm³/mol. The number of carbonyl (C=O) groups excluding carboxylic acids is 1. The van der Waals surface area contributed by atoms with Crippen LogP contribution in [0.4, 0.5) is 13.2 Å². The molecule has 0 bridgehead atoms. The number of hydrogen-bond acceptors (Lipinski definition) is 4. The van der Waals surface area contributed by atoms with Crippen molar-refractivity contribution in [3.8, 4) is 0 Å². The van der Waals surface area contributed by atoms with E-state index in [-0.39, 0.29) is 25.8 Å². The molecule has 2 aromatic heterocycles. The molecule has 0 spiro atoms. The molecule has 0 radical (unpaired) electrons. The molecule has 4 nitrogen and oxygen atoms in total. The fraction of sp³-hybridized carbons (Fsp3) is 0.333. The maximum Gasteiger partial charge on any atom is 0.434 e. The highest BCUT2D eigenvalue weighted by Gasteiger charge is 2.38. The van der Waals surface area contributed by atoms with Crippen molar-refractivity contribution in [3.05, 3.63) is 52.0 Å². The summed E-state index contributed by atoms with van der Waals surface area (Å²) in [7, 11) is 0. The number of carbonyl (C=O) groups is 1. The summed E-state index contributed by atoms with van der Waals surface area (Å²) in [5.74, 6) is -0.671. The summed E-state index contributed by atoms with van der Waals surface area (Å²) in [5, 5.41) is 1.89. The molecule has 1 amide bonds. The number of morpholine rings is 1. The van der Waals surface area contributed by atoms with Gasteiger partial charge in [0.05, 0.1) is 18.7 Å². The number of rotatable bonds is 2. The minimum absolute atomic E-state index is 0.228. The summed E-state index contributed by atoms with van der Waals surface area (Å²) in [6, 6.07) is 6.25. The zero-order valence-corrected chi connectivity index (χ0v) is 12.7. The van der Waals surface area contributed by atoms with Gasteiger partial charge in [0.15, 0.2) is 5.69 Å². The second-order valence-corrected chi connectivity index (χ2v) is 6.00. The van der Waals surface area contributed by atoms with E-state index in [1.807, 2.05) is 17.5 Å². The highest BCUT2D eigenvalue weighted by molar-refractivity contribution is 7.10. The highest BCUT2D eigenvalue weighted by Crippen LogP contribution is 2.32. The fourth-order valence-electron chi connectivity index (χ4n) is 2.45. The maximum atomic E-state index is 13.0. The molecule has 3 heterocycles. The van der Waals surface area contributed by atoms with Crippen molar-refractivity contribution >= 4 is 17.2 Å². The Morgan fingerprint density at radius 3 is 2.87 bits per heavy atom. The van der Waals surface area contributed by atoms with Crippen molar-refractivity contribution in [2.24, 2.45) is 0 Å². The molecule has 1 fully saturated rings. The summed E-state index contributed by atoms with van der Waals surface area (Å²) in [5.41, 5.74) is -1.57. The van der Waals surface area contributed by atoms with Crippen molar-refractivity contribution in [2.75, 3.05) is 19.7 Å². The van der Waals surface area contributed by atoms with E-state index in [1.54, 1.807) is 0 Å². The Labute approximate surface area is 134 Å². The van der Waals surface area contributed by atoms with Crippen LogP contribution in [0.15, 0.2) is 35.8 Å². The third-order valence-electron chi connectivity index (χ3n) is 3.52. The first kappa shape index (κ1) is 15.9. The molecule has 1 atom stereocenters. The van der Waals surface area contributed by atoms with E-state index in [9.17, 15) is 18.0 Å². The number of alkyl halides is 3. The van der Waals surface area contributed by atoms with Gasteiger partial charge in [-0.3, -0.25) is 9.78 Å². The minimum atomic E-state index is -4.66. The van der Waals surface area contributed by atoms with Gasteiger partial charge in [-0.1, -0.05) is 6.07 Å². The third kappa shape index (κ3) is 3.37. The number of nitrogens with zero attached hydrogens (tertiary/aromatic N) is 2. The van der Waals surface area contributed by atoms with Crippen molar-refractivity contribution in [2.45, 2.75) is 12.3 Å². The fourth-order valence-corrected chi connectivity index (χ4v) is 3.22. The molecule has 0 saturated carbocycles. The average Bonchev–Trinajstić information content (AvgIpc) is 3.08. The monoisotopic (exact) mass is 342 g/mol. The van der Waals surface area contributed by atoms with Gasteiger partial charge in [-0.05, 0) is 23.6 Å². The molecule has 8 heteroatoms. The summed E-state index contributed by atoms with van der Waals surface area (Å²) in [6.07, 6.45) is -3.93. The molecule has 2 aromatic rings. The molecule has 0 unspecified atom stereocenters. The van der Waals surface area contributed by atoms with Crippen LogP contribution in [0.1, 0.15) is 27.0 Å². The van der Waals surface area contributed by atoms with E-state index in [4.69, 9.17) is 4.74 Å². The number of halogens is 3. The smallest absolute Gasteiger partial charge is 0.369 e. The molecular weight excluding hydrogens is 329 g/mol. The van der Waals surface area contributed by atoms with Crippen LogP contribution in [0.5, 0.6) is 0 Å². The lowest BCUT2D eigenvalue weighted by molar-refractivity contribution is -0.141. The van der Waals surface area contributed by atoms with E-state index in [1.165, 1.54) is 22.3 Å². The molecule has 1 saturated heterocycles. The van der Waals surface area contributed by atoms with E-state index in [0.717, 1.165) is 17.1 Å². The summed E-state index contributed by atoms with van der Waals surface area (Å²) in [6.45, 7) is 0.772. The predicted octanol–water partition coefficient (Wildman–Crippen LogP) is 3.38. The Bertz CT molecular complexity index is 688. The topological polar surface area (TPSA) is 42.4 Å². The number of aromatic nitrogens is 1. The normalized spacial score (nSPS) is 18.9. The molecule has 23 heavy (non-hydrogen) atoms. The number of hydrogen-bond donors (Lipinski definition) is 0. The van der Waals surface area contributed by atoms with Crippen LogP contribution in [0, 0.1) is 0 Å². The number of pyridine rings is 1. The van der Waals surface area contributed by atoms with Crippen LogP contribution >= 0.6 is 11.3 Å². The molecular formula is C15H13F3N2O2S. The van der Waals surface area contributed by atoms with Gasteiger partial charge in [0, 0.05) is 17.6 Å². The highest BCUT2D eigenvalue weighted by atomic mass is 32.1. The summed E-state index contributed by atoms with van der Waals surface area (Å²) < 4.78 is 44.7. The van der Waals surface area contributed by atoms with Gasteiger partial charge in [0.1, 0.15) is 6.10 Å². The van der Waals surface area contributed by atoms with Crippen LogP contribution in [0.2, 0.25) is 0 Å². The molecule has 0 N–H and O–H groups in total. The van der Waals surface area contributed by atoms with Gasteiger partial charge in [-0.25, -0.2) is 0 Å². The van der Waals surface area contributed by atoms with Crippen molar-refractivity contribution in [1.82, 2.24) is 9.88 Å². The van der Waals surface area contributed by atoms with Gasteiger partial charge in [-0.15, -0.1) is 11.3 Å². The van der Waals surface area contributed by atoms with Crippen molar-refractivity contribution in [1.29, 1.82) is 0 Å². The Morgan fingerprint density at radius 1 is 1.35 bits per heavy atom. The standard InChI is InChI=1S/C15H13F3N2O2S/c16-15(17,18)13-10(3-1-5-19-13)14(21)20-6-7-22-11(9-20)12-4-2-8-23-12/h1-5,8,11H,6-7,9H2/t11-/m1/s1.